The summed E-state index contributed by atoms with van der Waals surface area (Å²) < 4.78 is 24.9. The summed E-state index contributed by atoms with van der Waals surface area (Å²) in [6.45, 7) is 2.37. The lowest BCUT2D eigenvalue weighted by atomic mass is 9.94. The summed E-state index contributed by atoms with van der Waals surface area (Å²) in [5.74, 6) is 1.41. The first-order valence-corrected chi connectivity index (χ1v) is 10.6. The number of carbonyl (C=O) groups is 1. The van der Waals surface area contributed by atoms with Crippen LogP contribution in [0.5, 0.6) is 17.4 Å². The van der Waals surface area contributed by atoms with Crippen molar-refractivity contribution in [3.8, 4) is 28.8 Å². The Bertz CT molecular complexity index is 1060. The number of alkyl halides is 1. The Morgan fingerprint density at radius 1 is 1.19 bits per heavy atom. The fourth-order valence-corrected chi connectivity index (χ4v) is 3.55. The fraction of sp³-hybridized carbons (Fsp3) is 0.348. The van der Waals surface area contributed by atoms with Gasteiger partial charge in [0.25, 0.3) is 11.8 Å². The SMILES string of the molecule is CCOc1cccnc1Oc1cncc(-c2ncc(C(=O)N[C@@H]3CCC[C@@H](F)C3)cn2)c1. The Morgan fingerprint density at radius 3 is 2.81 bits per heavy atom. The number of halogens is 1. The van der Waals surface area contributed by atoms with E-state index in [9.17, 15) is 9.18 Å². The van der Waals surface area contributed by atoms with Gasteiger partial charge in [0.15, 0.2) is 11.6 Å². The van der Waals surface area contributed by atoms with Crippen molar-refractivity contribution in [2.45, 2.75) is 44.8 Å². The molecule has 0 spiro atoms. The molecular weight excluding hydrogens is 413 g/mol. The molecule has 1 fully saturated rings. The van der Waals surface area contributed by atoms with Crippen LogP contribution in [0, 0.1) is 0 Å². The van der Waals surface area contributed by atoms with Crippen molar-refractivity contribution in [1.82, 2.24) is 25.3 Å². The summed E-state index contributed by atoms with van der Waals surface area (Å²) in [4.78, 5) is 29.4. The minimum absolute atomic E-state index is 0.155. The van der Waals surface area contributed by atoms with Crippen LogP contribution in [0.1, 0.15) is 43.0 Å². The van der Waals surface area contributed by atoms with Crippen molar-refractivity contribution in [2.75, 3.05) is 6.61 Å². The molecule has 1 saturated carbocycles. The minimum Gasteiger partial charge on any atom is -0.488 e. The maximum Gasteiger partial charge on any atom is 0.262 e. The van der Waals surface area contributed by atoms with Gasteiger partial charge in [0.2, 0.25) is 0 Å². The van der Waals surface area contributed by atoms with Crippen LogP contribution in [0.4, 0.5) is 4.39 Å². The quantitative estimate of drug-likeness (QED) is 0.593. The maximum atomic E-state index is 13.6. The zero-order valence-corrected chi connectivity index (χ0v) is 17.7. The van der Waals surface area contributed by atoms with E-state index in [-0.39, 0.29) is 11.9 Å². The highest BCUT2D eigenvalue weighted by atomic mass is 19.1. The molecule has 1 aliphatic rings. The Hall–Kier alpha value is -3.62. The van der Waals surface area contributed by atoms with E-state index >= 15 is 0 Å². The van der Waals surface area contributed by atoms with Crippen molar-refractivity contribution < 1.29 is 18.7 Å². The predicted molar refractivity (Wildman–Crippen MR) is 115 cm³/mol. The number of rotatable bonds is 7. The van der Waals surface area contributed by atoms with Crippen LogP contribution in [0.25, 0.3) is 11.4 Å². The summed E-state index contributed by atoms with van der Waals surface area (Å²) in [5.41, 5.74) is 0.945. The molecule has 9 heteroatoms. The summed E-state index contributed by atoms with van der Waals surface area (Å²) in [6, 6.07) is 5.12. The maximum absolute atomic E-state index is 13.6. The number of hydrogen-bond donors (Lipinski definition) is 1. The second-order valence-corrected chi connectivity index (χ2v) is 7.48. The van der Waals surface area contributed by atoms with Gasteiger partial charge < -0.3 is 14.8 Å². The van der Waals surface area contributed by atoms with Gasteiger partial charge in [-0.2, -0.15) is 0 Å². The molecular formula is C23H24FN5O3. The van der Waals surface area contributed by atoms with E-state index in [1.54, 1.807) is 36.8 Å². The predicted octanol–water partition coefficient (Wildman–Crippen LogP) is 4.14. The average Bonchev–Trinajstić information content (AvgIpc) is 2.81. The van der Waals surface area contributed by atoms with Gasteiger partial charge in [-0.05, 0) is 50.8 Å². The van der Waals surface area contributed by atoms with E-state index < -0.39 is 6.17 Å². The van der Waals surface area contributed by atoms with Gasteiger partial charge in [0, 0.05) is 36.4 Å². The molecule has 1 N–H and O–H groups in total. The van der Waals surface area contributed by atoms with Gasteiger partial charge in [-0.25, -0.2) is 19.3 Å². The Labute approximate surface area is 185 Å². The molecule has 0 aliphatic heterocycles. The molecule has 3 heterocycles. The summed E-state index contributed by atoms with van der Waals surface area (Å²) >= 11 is 0. The zero-order chi connectivity index (χ0) is 22.3. The normalized spacial score (nSPS) is 18.1. The topological polar surface area (TPSA) is 99.1 Å². The van der Waals surface area contributed by atoms with Crippen molar-refractivity contribution >= 4 is 5.91 Å². The minimum atomic E-state index is -0.856. The molecule has 0 saturated heterocycles. The van der Waals surface area contributed by atoms with E-state index in [1.165, 1.54) is 12.4 Å². The molecule has 4 rings (SSSR count). The number of carbonyl (C=O) groups excluding carboxylic acids is 1. The Morgan fingerprint density at radius 2 is 2.03 bits per heavy atom. The van der Waals surface area contributed by atoms with E-state index in [0.717, 1.165) is 12.8 Å². The van der Waals surface area contributed by atoms with Gasteiger partial charge in [-0.15, -0.1) is 0 Å². The number of ether oxygens (including phenoxy) is 2. The van der Waals surface area contributed by atoms with Gasteiger partial charge in [-0.1, -0.05) is 0 Å². The number of nitrogens with one attached hydrogen (secondary N) is 1. The van der Waals surface area contributed by atoms with Gasteiger partial charge in [0.1, 0.15) is 11.9 Å². The lowest BCUT2D eigenvalue weighted by Gasteiger charge is -2.25. The molecule has 0 unspecified atom stereocenters. The molecule has 1 aliphatic carbocycles. The van der Waals surface area contributed by atoms with Gasteiger partial charge in [-0.3, -0.25) is 9.78 Å². The first kappa shape index (κ1) is 21.6. The van der Waals surface area contributed by atoms with Crippen LogP contribution in [0.15, 0.2) is 49.2 Å². The highest BCUT2D eigenvalue weighted by molar-refractivity contribution is 5.93. The highest BCUT2D eigenvalue weighted by Crippen LogP contribution is 2.30. The number of aromatic nitrogens is 4. The molecule has 1 amide bonds. The molecule has 3 aromatic heterocycles. The van der Waals surface area contributed by atoms with E-state index in [2.05, 4.69) is 25.3 Å². The van der Waals surface area contributed by atoms with Crippen molar-refractivity contribution in [2.24, 2.45) is 0 Å². The standard InChI is InChI=1S/C23H24FN5O3/c1-2-31-20-7-4-8-26-23(20)32-19-9-15(11-25-14-19)21-27-12-16(13-28-21)22(30)29-18-6-3-5-17(24)10-18/h4,7-9,11-14,17-18H,2-3,5-6,10H2,1H3,(H,29,30)/t17-,18-/m1/s1. The monoisotopic (exact) mass is 437 g/mol. The Kier molecular flexibility index (Phi) is 6.84. The number of hydrogen-bond acceptors (Lipinski definition) is 7. The first-order valence-electron chi connectivity index (χ1n) is 10.6. The molecule has 0 aromatic carbocycles. The molecule has 3 aromatic rings. The summed E-state index contributed by atoms with van der Waals surface area (Å²) in [6.07, 6.45) is 9.29. The summed E-state index contributed by atoms with van der Waals surface area (Å²) in [5, 5.41) is 2.87. The second kappa shape index (κ2) is 10.1. The van der Waals surface area contributed by atoms with Crippen LogP contribution < -0.4 is 14.8 Å². The third-order valence-corrected chi connectivity index (χ3v) is 5.08. The lowest BCUT2D eigenvalue weighted by molar-refractivity contribution is 0.0912. The largest absolute Gasteiger partial charge is 0.488 e. The van der Waals surface area contributed by atoms with E-state index in [1.807, 2.05) is 6.92 Å². The van der Waals surface area contributed by atoms with Crippen molar-refractivity contribution in [3.63, 3.8) is 0 Å². The number of amides is 1. The third-order valence-electron chi connectivity index (χ3n) is 5.08. The third kappa shape index (κ3) is 5.35. The second-order valence-electron chi connectivity index (χ2n) is 7.48. The lowest BCUT2D eigenvalue weighted by Crippen LogP contribution is -2.39. The van der Waals surface area contributed by atoms with E-state index in [0.29, 0.717) is 53.8 Å². The zero-order valence-electron chi connectivity index (χ0n) is 17.7. The average molecular weight is 437 g/mol. The van der Waals surface area contributed by atoms with Gasteiger partial charge in [0.05, 0.1) is 18.4 Å². The molecule has 8 nitrogen and oxygen atoms in total. The first-order chi connectivity index (χ1) is 15.6. The van der Waals surface area contributed by atoms with Crippen LogP contribution in [-0.4, -0.2) is 44.7 Å². The molecule has 2 atom stereocenters. The Balaban J connectivity index is 1.45. The number of pyridine rings is 2. The van der Waals surface area contributed by atoms with Gasteiger partial charge >= 0.3 is 0 Å². The summed E-state index contributed by atoms with van der Waals surface area (Å²) in [7, 11) is 0. The van der Waals surface area contributed by atoms with Crippen LogP contribution >= 0.6 is 0 Å². The van der Waals surface area contributed by atoms with Crippen LogP contribution in [-0.2, 0) is 0 Å². The molecule has 32 heavy (non-hydrogen) atoms. The van der Waals surface area contributed by atoms with Crippen molar-refractivity contribution in [1.29, 1.82) is 0 Å². The van der Waals surface area contributed by atoms with Crippen molar-refractivity contribution in [3.05, 3.63) is 54.7 Å². The van der Waals surface area contributed by atoms with Crippen LogP contribution in [0.2, 0.25) is 0 Å². The molecule has 166 valence electrons. The molecule has 0 radical (unpaired) electrons. The van der Waals surface area contributed by atoms with Crippen LogP contribution in [0.3, 0.4) is 0 Å². The fourth-order valence-electron chi connectivity index (χ4n) is 3.55. The van der Waals surface area contributed by atoms with E-state index in [4.69, 9.17) is 9.47 Å². The molecule has 0 bridgehead atoms. The smallest absolute Gasteiger partial charge is 0.262 e. The highest BCUT2D eigenvalue weighted by Gasteiger charge is 2.23. The number of nitrogens with zero attached hydrogens (tertiary/aromatic N) is 4.